The van der Waals surface area contributed by atoms with Gasteiger partial charge in [0.25, 0.3) is 0 Å². The molecule has 1 aromatic rings. The van der Waals surface area contributed by atoms with Crippen LogP contribution in [-0.2, 0) is 6.42 Å². The molecular formula is C16H25NO. The van der Waals surface area contributed by atoms with Crippen LogP contribution in [0.4, 0.5) is 0 Å². The van der Waals surface area contributed by atoms with E-state index in [1.165, 1.54) is 18.4 Å². The molecule has 0 radical (unpaired) electrons. The quantitative estimate of drug-likeness (QED) is 0.840. The first-order chi connectivity index (χ1) is 8.79. The van der Waals surface area contributed by atoms with Crippen LogP contribution in [0.2, 0.25) is 0 Å². The molecule has 18 heavy (non-hydrogen) atoms. The Kier molecular flexibility index (Phi) is 5.21. The molecule has 0 bridgehead atoms. The maximum absolute atomic E-state index is 10.3. The molecule has 2 heteroatoms. The van der Waals surface area contributed by atoms with Crippen LogP contribution >= 0.6 is 0 Å². The molecule has 1 aliphatic carbocycles. The highest BCUT2D eigenvalue weighted by atomic mass is 16.3. The Balaban J connectivity index is 1.73. The average Bonchev–Trinajstić information content (AvgIpc) is 2.46. The maximum atomic E-state index is 10.3. The number of aryl methyl sites for hydroxylation is 1. The summed E-state index contributed by atoms with van der Waals surface area (Å²) in [5.74, 6) is 1.19. The summed E-state index contributed by atoms with van der Waals surface area (Å²) in [4.78, 5) is 0. The van der Waals surface area contributed by atoms with E-state index in [9.17, 15) is 5.11 Å². The Morgan fingerprint density at radius 3 is 2.39 bits per heavy atom. The van der Waals surface area contributed by atoms with E-state index < -0.39 is 0 Å². The fourth-order valence-corrected chi connectivity index (χ4v) is 3.00. The highest BCUT2D eigenvalue weighted by Crippen LogP contribution is 2.31. The van der Waals surface area contributed by atoms with Crippen LogP contribution in [0.3, 0.4) is 0 Å². The van der Waals surface area contributed by atoms with E-state index in [0.717, 1.165) is 32.2 Å². The molecule has 2 rings (SSSR count). The summed E-state index contributed by atoms with van der Waals surface area (Å²) < 4.78 is 0. The molecule has 0 heterocycles. The second kappa shape index (κ2) is 6.91. The zero-order valence-corrected chi connectivity index (χ0v) is 11.1. The van der Waals surface area contributed by atoms with Crippen molar-refractivity contribution in [3.8, 4) is 0 Å². The van der Waals surface area contributed by atoms with Crippen molar-refractivity contribution in [3.63, 3.8) is 0 Å². The van der Waals surface area contributed by atoms with Crippen molar-refractivity contribution < 1.29 is 5.11 Å². The smallest absolute Gasteiger partial charge is 0.0571 e. The molecule has 0 spiro atoms. The lowest BCUT2D eigenvalue weighted by molar-refractivity contribution is 0.0680. The van der Waals surface area contributed by atoms with Crippen molar-refractivity contribution in [2.45, 2.75) is 44.6 Å². The SMILES string of the molecule is NCC1CCC(C(O)CCc2ccccc2)CC1. The maximum Gasteiger partial charge on any atom is 0.0571 e. The monoisotopic (exact) mass is 247 g/mol. The molecule has 1 aromatic carbocycles. The number of hydrogen-bond donors (Lipinski definition) is 2. The Hall–Kier alpha value is -0.860. The van der Waals surface area contributed by atoms with E-state index in [1.54, 1.807) is 0 Å². The van der Waals surface area contributed by atoms with Crippen LogP contribution in [0.15, 0.2) is 30.3 Å². The van der Waals surface area contributed by atoms with E-state index in [2.05, 4.69) is 24.3 Å². The Morgan fingerprint density at radius 1 is 1.11 bits per heavy atom. The highest BCUT2D eigenvalue weighted by molar-refractivity contribution is 5.14. The van der Waals surface area contributed by atoms with Crippen molar-refractivity contribution in [3.05, 3.63) is 35.9 Å². The van der Waals surface area contributed by atoms with E-state index >= 15 is 0 Å². The predicted molar refractivity (Wildman–Crippen MR) is 75.3 cm³/mol. The van der Waals surface area contributed by atoms with Crippen LogP contribution in [0, 0.1) is 11.8 Å². The predicted octanol–water partition coefficient (Wildman–Crippen LogP) is 2.75. The lowest BCUT2D eigenvalue weighted by Gasteiger charge is -2.31. The number of benzene rings is 1. The molecular weight excluding hydrogens is 222 g/mol. The third kappa shape index (κ3) is 3.82. The molecule has 1 aliphatic rings. The molecule has 1 fully saturated rings. The van der Waals surface area contributed by atoms with Crippen LogP contribution < -0.4 is 5.73 Å². The molecule has 1 unspecified atom stereocenters. The minimum atomic E-state index is -0.135. The van der Waals surface area contributed by atoms with Gasteiger partial charge in [-0.15, -0.1) is 0 Å². The fourth-order valence-electron chi connectivity index (χ4n) is 3.00. The van der Waals surface area contributed by atoms with Crippen molar-refractivity contribution in [1.29, 1.82) is 0 Å². The normalized spacial score (nSPS) is 25.9. The van der Waals surface area contributed by atoms with Gasteiger partial charge in [-0.05, 0) is 62.5 Å². The van der Waals surface area contributed by atoms with Gasteiger partial charge < -0.3 is 10.8 Å². The standard InChI is InChI=1S/C16H25NO/c17-12-14-6-9-15(10-7-14)16(18)11-8-13-4-2-1-3-5-13/h1-5,14-16,18H,6-12,17H2. The molecule has 2 nitrogen and oxygen atoms in total. The number of hydrogen-bond acceptors (Lipinski definition) is 2. The van der Waals surface area contributed by atoms with Gasteiger partial charge in [-0.25, -0.2) is 0 Å². The third-order valence-corrected chi connectivity index (χ3v) is 4.34. The van der Waals surface area contributed by atoms with Crippen molar-refractivity contribution in [2.75, 3.05) is 6.54 Å². The molecule has 0 aliphatic heterocycles. The topological polar surface area (TPSA) is 46.2 Å². The summed E-state index contributed by atoms with van der Waals surface area (Å²) in [5, 5.41) is 10.3. The Labute approximate surface area is 110 Å². The van der Waals surface area contributed by atoms with Gasteiger partial charge in [-0.2, -0.15) is 0 Å². The van der Waals surface area contributed by atoms with Crippen LogP contribution in [0.25, 0.3) is 0 Å². The van der Waals surface area contributed by atoms with Gasteiger partial charge in [0, 0.05) is 0 Å². The second-order valence-corrected chi connectivity index (χ2v) is 5.61. The minimum Gasteiger partial charge on any atom is -0.393 e. The minimum absolute atomic E-state index is 0.135. The average molecular weight is 247 g/mol. The zero-order chi connectivity index (χ0) is 12.8. The first-order valence-electron chi connectivity index (χ1n) is 7.21. The molecule has 0 aromatic heterocycles. The summed E-state index contributed by atoms with van der Waals surface area (Å²) in [6.07, 6.45) is 6.44. The van der Waals surface area contributed by atoms with Gasteiger partial charge >= 0.3 is 0 Å². The van der Waals surface area contributed by atoms with Crippen LogP contribution in [-0.4, -0.2) is 17.8 Å². The lowest BCUT2D eigenvalue weighted by Crippen LogP contribution is -2.28. The van der Waals surface area contributed by atoms with E-state index in [-0.39, 0.29) is 6.10 Å². The van der Waals surface area contributed by atoms with Crippen LogP contribution in [0.1, 0.15) is 37.7 Å². The van der Waals surface area contributed by atoms with E-state index in [4.69, 9.17) is 5.73 Å². The molecule has 3 N–H and O–H groups in total. The first kappa shape index (κ1) is 13.6. The zero-order valence-electron chi connectivity index (χ0n) is 11.1. The third-order valence-electron chi connectivity index (χ3n) is 4.34. The summed E-state index contributed by atoms with van der Waals surface area (Å²) in [6, 6.07) is 10.4. The van der Waals surface area contributed by atoms with E-state index in [0.29, 0.717) is 11.8 Å². The van der Waals surface area contributed by atoms with E-state index in [1.807, 2.05) is 6.07 Å². The molecule has 1 saturated carbocycles. The number of rotatable bonds is 5. The van der Waals surface area contributed by atoms with Crippen molar-refractivity contribution >= 4 is 0 Å². The number of aliphatic hydroxyl groups excluding tert-OH is 1. The van der Waals surface area contributed by atoms with Gasteiger partial charge in [-0.1, -0.05) is 30.3 Å². The largest absolute Gasteiger partial charge is 0.393 e. The molecule has 1 atom stereocenters. The molecule has 0 amide bonds. The summed E-state index contributed by atoms with van der Waals surface area (Å²) in [6.45, 7) is 0.812. The Bertz CT molecular complexity index is 330. The fraction of sp³-hybridized carbons (Fsp3) is 0.625. The summed E-state index contributed by atoms with van der Waals surface area (Å²) in [7, 11) is 0. The molecule has 0 saturated heterocycles. The van der Waals surface area contributed by atoms with Crippen molar-refractivity contribution in [2.24, 2.45) is 17.6 Å². The van der Waals surface area contributed by atoms with Gasteiger partial charge in [0.2, 0.25) is 0 Å². The lowest BCUT2D eigenvalue weighted by atomic mass is 9.78. The number of nitrogens with two attached hydrogens (primary N) is 1. The first-order valence-corrected chi connectivity index (χ1v) is 7.21. The van der Waals surface area contributed by atoms with Crippen molar-refractivity contribution in [1.82, 2.24) is 0 Å². The second-order valence-electron chi connectivity index (χ2n) is 5.61. The van der Waals surface area contributed by atoms with Gasteiger partial charge in [0.1, 0.15) is 0 Å². The van der Waals surface area contributed by atoms with Gasteiger partial charge in [0.05, 0.1) is 6.10 Å². The van der Waals surface area contributed by atoms with Gasteiger partial charge in [-0.3, -0.25) is 0 Å². The number of aliphatic hydroxyl groups is 1. The summed E-state index contributed by atoms with van der Waals surface area (Å²) >= 11 is 0. The van der Waals surface area contributed by atoms with Gasteiger partial charge in [0.15, 0.2) is 0 Å². The highest BCUT2D eigenvalue weighted by Gasteiger charge is 2.25. The Morgan fingerprint density at radius 2 is 1.78 bits per heavy atom. The summed E-state index contributed by atoms with van der Waals surface area (Å²) in [5.41, 5.74) is 7.02. The van der Waals surface area contributed by atoms with Crippen LogP contribution in [0.5, 0.6) is 0 Å². The molecule has 100 valence electrons.